The van der Waals surface area contributed by atoms with Crippen molar-refractivity contribution >= 4 is 15.9 Å². The molecule has 4 rings (SSSR count). The fourth-order valence-electron chi connectivity index (χ4n) is 4.05. The van der Waals surface area contributed by atoms with Gasteiger partial charge in [0.25, 0.3) is 0 Å². The Morgan fingerprint density at radius 2 is 2.00 bits per heavy atom. The number of hydrogen-bond acceptors (Lipinski definition) is 4. The SMILES string of the molecule is OCC1(CO[C@H](CCc2ccccc2Br)c2cccc(COC3CCCCO3)c2)CC1. The van der Waals surface area contributed by atoms with Gasteiger partial charge in [0, 0.05) is 16.5 Å². The maximum absolute atomic E-state index is 9.71. The van der Waals surface area contributed by atoms with E-state index in [0.29, 0.717) is 13.2 Å². The number of ether oxygens (including phenoxy) is 3. The van der Waals surface area contributed by atoms with E-state index in [1.807, 2.05) is 6.07 Å². The lowest BCUT2D eigenvalue weighted by molar-refractivity contribution is -0.168. The number of hydrogen-bond donors (Lipinski definition) is 1. The van der Waals surface area contributed by atoms with E-state index in [2.05, 4.69) is 58.4 Å². The third kappa shape index (κ3) is 6.62. The van der Waals surface area contributed by atoms with Crippen LogP contribution in [0.15, 0.2) is 53.0 Å². The average Bonchev–Trinajstić information content (AvgIpc) is 3.60. The van der Waals surface area contributed by atoms with Gasteiger partial charge in [0.1, 0.15) is 0 Å². The molecular weight excluding hydrogens is 456 g/mol. The van der Waals surface area contributed by atoms with Gasteiger partial charge in [-0.25, -0.2) is 0 Å². The van der Waals surface area contributed by atoms with Crippen LogP contribution in [0.3, 0.4) is 0 Å². The van der Waals surface area contributed by atoms with Crippen molar-refractivity contribution in [2.45, 2.75) is 63.9 Å². The Balaban J connectivity index is 1.42. The molecule has 1 aliphatic heterocycles. The summed E-state index contributed by atoms with van der Waals surface area (Å²) in [6.45, 7) is 2.16. The molecule has 168 valence electrons. The molecular formula is C26H33BrO4. The van der Waals surface area contributed by atoms with E-state index in [1.54, 1.807) is 0 Å². The van der Waals surface area contributed by atoms with Crippen molar-refractivity contribution in [3.05, 3.63) is 69.7 Å². The highest BCUT2D eigenvalue weighted by atomic mass is 79.9. The zero-order valence-corrected chi connectivity index (χ0v) is 19.7. The van der Waals surface area contributed by atoms with E-state index in [1.165, 1.54) is 17.5 Å². The van der Waals surface area contributed by atoms with Crippen LogP contribution in [-0.4, -0.2) is 31.2 Å². The Kier molecular flexibility index (Phi) is 8.18. The second-order valence-corrected chi connectivity index (χ2v) is 9.79. The van der Waals surface area contributed by atoms with Gasteiger partial charge in [-0.05, 0) is 67.7 Å². The van der Waals surface area contributed by atoms with Gasteiger partial charge in [0.05, 0.1) is 25.9 Å². The molecule has 31 heavy (non-hydrogen) atoms. The highest BCUT2D eigenvalue weighted by molar-refractivity contribution is 9.10. The lowest BCUT2D eigenvalue weighted by Crippen LogP contribution is -2.22. The molecule has 0 spiro atoms. The number of rotatable bonds is 11. The van der Waals surface area contributed by atoms with Gasteiger partial charge in [0.2, 0.25) is 0 Å². The van der Waals surface area contributed by atoms with Crippen LogP contribution in [0, 0.1) is 5.41 Å². The van der Waals surface area contributed by atoms with Gasteiger partial charge in [-0.3, -0.25) is 0 Å². The quantitative estimate of drug-likeness (QED) is 0.424. The van der Waals surface area contributed by atoms with Crippen molar-refractivity contribution in [1.82, 2.24) is 0 Å². The molecule has 2 aliphatic rings. The van der Waals surface area contributed by atoms with Gasteiger partial charge in [-0.2, -0.15) is 0 Å². The van der Waals surface area contributed by atoms with E-state index in [9.17, 15) is 5.11 Å². The highest BCUT2D eigenvalue weighted by Gasteiger charge is 2.42. The minimum Gasteiger partial charge on any atom is -0.396 e. The van der Waals surface area contributed by atoms with E-state index in [-0.39, 0.29) is 24.4 Å². The van der Waals surface area contributed by atoms with Crippen LogP contribution in [0.2, 0.25) is 0 Å². The van der Waals surface area contributed by atoms with Crippen LogP contribution < -0.4 is 0 Å². The molecule has 1 aliphatic carbocycles. The summed E-state index contributed by atoms with van der Waals surface area (Å²) in [7, 11) is 0. The molecule has 1 N–H and O–H groups in total. The van der Waals surface area contributed by atoms with Crippen molar-refractivity contribution in [3.63, 3.8) is 0 Å². The minimum absolute atomic E-state index is 0.0120. The zero-order chi connectivity index (χ0) is 21.5. The Bertz CT molecular complexity index is 830. The Morgan fingerprint density at radius 1 is 1.13 bits per heavy atom. The smallest absolute Gasteiger partial charge is 0.158 e. The number of aryl methyl sites for hydroxylation is 1. The molecule has 2 fully saturated rings. The summed E-state index contributed by atoms with van der Waals surface area (Å²) < 4.78 is 19.2. The zero-order valence-electron chi connectivity index (χ0n) is 18.1. The van der Waals surface area contributed by atoms with Crippen LogP contribution in [0.4, 0.5) is 0 Å². The summed E-state index contributed by atoms with van der Waals surface area (Å²) in [5.74, 6) is 0. The molecule has 4 nitrogen and oxygen atoms in total. The van der Waals surface area contributed by atoms with Gasteiger partial charge < -0.3 is 19.3 Å². The third-order valence-electron chi connectivity index (χ3n) is 6.41. The van der Waals surface area contributed by atoms with Crippen molar-refractivity contribution in [3.8, 4) is 0 Å². The largest absolute Gasteiger partial charge is 0.396 e. The molecule has 1 heterocycles. The topological polar surface area (TPSA) is 47.9 Å². The summed E-state index contributed by atoms with van der Waals surface area (Å²) in [6.07, 6.45) is 7.09. The standard InChI is InChI=1S/C26H33BrO4/c27-23-9-2-1-7-21(23)11-12-24(31-19-26(18-28)13-14-26)22-8-5-6-20(16-22)17-30-25-10-3-4-15-29-25/h1-2,5-9,16,24-25,28H,3-4,10-15,17-19H2/t24-,25?/m1/s1. The fraction of sp³-hybridized carbons (Fsp3) is 0.538. The van der Waals surface area contributed by atoms with Crippen molar-refractivity contribution in [2.75, 3.05) is 19.8 Å². The normalized spacial score (nSPS) is 21.0. The second-order valence-electron chi connectivity index (χ2n) is 8.94. The van der Waals surface area contributed by atoms with Crippen molar-refractivity contribution < 1.29 is 19.3 Å². The summed E-state index contributed by atoms with van der Waals surface area (Å²) in [6, 6.07) is 16.9. The van der Waals surface area contributed by atoms with Gasteiger partial charge in [0.15, 0.2) is 6.29 Å². The molecule has 0 radical (unpaired) electrons. The predicted molar refractivity (Wildman–Crippen MR) is 125 cm³/mol. The molecule has 1 saturated carbocycles. The second kappa shape index (κ2) is 11.1. The first-order valence-corrected chi connectivity index (χ1v) is 12.2. The summed E-state index contributed by atoms with van der Waals surface area (Å²) in [4.78, 5) is 0. The first kappa shape index (κ1) is 22.9. The first-order chi connectivity index (χ1) is 15.2. The lowest BCUT2D eigenvalue weighted by atomic mass is 9.99. The molecule has 0 aromatic heterocycles. The Hall–Kier alpha value is -1.24. The van der Waals surface area contributed by atoms with E-state index in [4.69, 9.17) is 14.2 Å². The number of benzene rings is 2. The number of aliphatic hydroxyl groups excluding tert-OH is 1. The van der Waals surface area contributed by atoms with Crippen molar-refractivity contribution in [1.29, 1.82) is 0 Å². The molecule has 5 heteroatoms. The highest BCUT2D eigenvalue weighted by Crippen LogP contribution is 2.46. The van der Waals surface area contributed by atoms with E-state index in [0.717, 1.165) is 55.2 Å². The van der Waals surface area contributed by atoms with Gasteiger partial charge >= 0.3 is 0 Å². The number of aliphatic hydroxyl groups is 1. The maximum atomic E-state index is 9.71. The fourth-order valence-corrected chi connectivity index (χ4v) is 4.53. The minimum atomic E-state index is -0.0841. The molecule has 2 aromatic rings. The summed E-state index contributed by atoms with van der Waals surface area (Å²) in [5.41, 5.74) is 3.58. The Labute approximate surface area is 194 Å². The van der Waals surface area contributed by atoms with Crippen molar-refractivity contribution in [2.24, 2.45) is 5.41 Å². The molecule has 1 unspecified atom stereocenters. The van der Waals surface area contributed by atoms with Crippen LogP contribution in [0.1, 0.15) is 61.3 Å². The van der Waals surface area contributed by atoms with E-state index >= 15 is 0 Å². The molecule has 1 saturated heterocycles. The molecule has 0 bridgehead atoms. The van der Waals surface area contributed by atoms with Crippen LogP contribution in [0.25, 0.3) is 0 Å². The monoisotopic (exact) mass is 488 g/mol. The van der Waals surface area contributed by atoms with Crippen LogP contribution >= 0.6 is 15.9 Å². The third-order valence-corrected chi connectivity index (χ3v) is 7.19. The first-order valence-electron chi connectivity index (χ1n) is 11.5. The predicted octanol–water partition coefficient (Wildman–Crippen LogP) is 5.96. The molecule has 0 amide bonds. The molecule has 2 atom stereocenters. The van der Waals surface area contributed by atoms with Crippen LogP contribution in [-0.2, 0) is 27.2 Å². The average molecular weight is 489 g/mol. The summed E-state index contributed by atoms with van der Waals surface area (Å²) in [5, 5.41) is 9.71. The van der Waals surface area contributed by atoms with E-state index < -0.39 is 0 Å². The lowest BCUT2D eigenvalue weighted by Gasteiger charge is -2.24. The van der Waals surface area contributed by atoms with Gasteiger partial charge in [-0.15, -0.1) is 0 Å². The summed E-state index contributed by atoms with van der Waals surface area (Å²) >= 11 is 3.66. The maximum Gasteiger partial charge on any atom is 0.158 e. The number of halogens is 1. The molecule has 2 aromatic carbocycles. The van der Waals surface area contributed by atoms with Crippen LogP contribution in [0.5, 0.6) is 0 Å². The van der Waals surface area contributed by atoms with Gasteiger partial charge in [-0.1, -0.05) is 58.4 Å². The Morgan fingerprint density at radius 3 is 2.74 bits per heavy atom.